The van der Waals surface area contributed by atoms with Gasteiger partial charge < -0.3 is 10.5 Å². The van der Waals surface area contributed by atoms with E-state index in [1.807, 2.05) is 6.92 Å². The molecule has 2 nitrogen and oxygen atoms in total. The Hall–Kier alpha value is -1.18. The van der Waals surface area contributed by atoms with E-state index in [0.29, 0.717) is 5.70 Å². The third-order valence-corrected chi connectivity index (χ3v) is 1.07. The molecule has 10 heavy (non-hydrogen) atoms. The third kappa shape index (κ3) is 3.78. The van der Waals surface area contributed by atoms with Crippen molar-refractivity contribution in [3.8, 4) is 0 Å². The fourth-order valence-corrected chi connectivity index (χ4v) is 0.350. The van der Waals surface area contributed by atoms with Crippen LogP contribution in [0.4, 0.5) is 0 Å². The predicted octanol–water partition coefficient (Wildman–Crippen LogP) is 1.57. The highest BCUT2D eigenvalue weighted by atomic mass is 16.5. The van der Waals surface area contributed by atoms with Crippen LogP contribution in [0.25, 0.3) is 0 Å². The number of ether oxygens (including phenoxy) is 1. The summed E-state index contributed by atoms with van der Waals surface area (Å²) in [7, 11) is 1.61. The Morgan fingerprint density at radius 2 is 2.10 bits per heavy atom. The molecule has 0 fully saturated rings. The lowest BCUT2D eigenvalue weighted by Crippen LogP contribution is -1.90. The van der Waals surface area contributed by atoms with Crippen LogP contribution in [-0.4, -0.2) is 7.11 Å². The molecule has 0 saturated heterocycles. The van der Waals surface area contributed by atoms with Crippen molar-refractivity contribution < 1.29 is 4.74 Å². The first-order valence-electron chi connectivity index (χ1n) is 3.01. The maximum Gasteiger partial charge on any atom is 0.0925 e. The van der Waals surface area contributed by atoms with E-state index < -0.39 is 0 Å². The zero-order valence-corrected chi connectivity index (χ0v) is 6.42. The van der Waals surface area contributed by atoms with Gasteiger partial charge in [-0.25, -0.2) is 0 Å². The van der Waals surface area contributed by atoms with Crippen LogP contribution in [0.5, 0.6) is 0 Å². The summed E-state index contributed by atoms with van der Waals surface area (Å²) < 4.78 is 4.87. The summed E-state index contributed by atoms with van der Waals surface area (Å²) in [5, 5.41) is 0. The smallest absolute Gasteiger partial charge is 0.0925 e. The second-order valence-corrected chi connectivity index (χ2v) is 1.85. The molecule has 0 aliphatic rings. The summed E-state index contributed by atoms with van der Waals surface area (Å²) in [6.45, 7) is 5.36. The van der Waals surface area contributed by atoms with Crippen molar-refractivity contribution in [2.45, 2.75) is 6.92 Å². The highest BCUT2D eigenvalue weighted by molar-refractivity contribution is 5.19. The Balaban J connectivity index is 4.03. The predicted molar refractivity (Wildman–Crippen MR) is 43.2 cm³/mol. The zero-order chi connectivity index (χ0) is 7.98. The van der Waals surface area contributed by atoms with Crippen LogP contribution in [0.2, 0.25) is 0 Å². The Morgan fingerprint density at radius 1 is 1.50 bits per heavy atom. The molecule has 0 amide bonds. The highest BCUT2D eigenvalue weighted by Gasteiger charge is 1.80. The molecule has 0 bridgehead atoms. The van der Waals surface area contributed by atoms with Gasteiger partial charge in [0.2, 0.25) is 0 Å². The summed E-state index contributed by atoms with van der Waals surface area (Å²) in [4.78, 5) is 0. The zero-order valence-electron chi connectivity index (χ0n) is 6.42. The maximum absolute atomic E-state index is 5.42. The Labute approximate surface area is 61.7 Å². The molecule has 0 unspecified atom stereocenters. The molecule has 0 aliphatic heterocycles. The molecule has 0 aliphatic carbocycles. The highest BCUT2D eigenvalue weighted by Crippen LogP contribution is 1.94. The van der Waals surface area contributed by atoms with Gasteiger partial charge in [0, 0.05) is 5.70 Å². The average molecular weight is 139 g/mol. The number of nitrogens with two attached hydrogens (primary N) is 1. The number of methoxy groups -OCH3 is 1. The van der Waals surface area contributed by atoms with Crippen molar-refractivity contribution in [3.63, 3.8) is 0 Å². The van der Waals surface area contributed by atoms with E-state index in [9.17, 15) is 0 Å². The van der Waals surface area contributed by atoms with Gasteiger partial charge in [0.1, 0.15) is 0 Å². The normalized spacial score (nSPS) is 13.0. The van der Waals surface area contributed by atoms with Gasteiger partial charge in [-0.1, -0.05) is 6.58 Å². The minimum atomic E-state index is 0.636. The van der Waals surface area contributed by atoms with E-state index >= 15 is 0 Å². The fraction of sp³-hybridized carbons (Fsp3) is 0.250. The summed E-state index contributed by atoms with van der Waals surface area (Å²) in [6.07, 6.45) is 5.11. The lowest BCUT2D eigenvalue weighted by Gasteiger charge is -1.94. The Bertz CT molecular complexity index is 168. The number of hydrogen-bond acceptors (Lipinski definition) is 2. The van der Waals surface area contributed by atoms with E-state index in [1.165, 1.54) is 0 Å². The van der Waals surface area contributed by atoms with Gasteiger partial charge in [-0.3, -0.25) is 0 Å². The van der Waals surface area contributed by atoms with Crippen LogP contribution in [-0.2, 0) is 4.74 Å². The molecule has 0 spiro atoms. The summed E-state index contributed by atoms with van der Waals surface area (Å²) in [5.41, 5.74) is 6.05. The number of rotatable bonds is 3. The van der Waals surface area contributed by atoms with Crippen molar-refractivity contribution in [1.29, 1.82) is 0 Å². The standard InChI is InChI=1S/C8H13NO/c1-4-8(9)6-5-7(2)10-3/h4-6H,1,9H2,2-3H3/b7-5+,8-6+. The monoisotopic (exact) mass is 139 g/mol. The van der Waals surface area contributed by atoms with E-state index in [1.54, 1.807) is 25.3 Å². The van der Waals surface area contributed by atoms with E-state index in [-0.39, 0.29) is 0 Å². The molecule has 0 aromatic carbocycles. The molecule has 0 radical (unpaired) electrons. The lowest BCUT2D eigenvalue weighted by molar-refractivity contribution is 0.294. The molecule has 2 N–H and O–H groups in total. The quantitative estimate of drug-likeness (QED) is 0.475. The van der Waals surface area contributed by atoms with Crippen LogP contribution in [0.15, 0.2) is 36.3 Å². The maximum atomic E-state index is 5.42. The van der Waals surface area contributed by atoms with Crippen LogP contribution in [0.1, 0.15) is 6.92 Å². The topological polar surface area (TPSA) is 35.2 Å². The first-order valence-corrected chi connectivity index (χ1v) is 3.01. The largest absolute Gasteiger partial charge is 0.501 e. The molecule has 0 atom stereocenters. The summed E-state index contributed by atoms with van der Waals surface area (Å²) in [5.74, 6) is 0.824. The van der Waals surface area contributed by atoms with Crippen LogP contribution >= 0.6 is 0 Å². The van der Waals surface area contributed by atoms with Crippen LogP contribution in [0, 0.1) is 0 Å². The van der Waals surface area contributed by atoms with Gasteiger partial charge in [0.15, 0.2) is 0 Å². The molecule has 56 valence electrons. The van der Waals surface area contributed by atoms with Crippen molar-refractivity contribution in [1.82, 2.24) is 0 Å². The van der Waals surface area contributed by atoms with Crippen molar-refractivity contribution in [3.05, 3.63) is 36.3 Å². The summed E-state index contributed by atoms with van der Waals surface area (Å²) in [6, 6.07) is 0. The minimum Gasteiger partial charge on any atom is -0.501 e. The average Bonchev–Trinajstić information content (AvgIpc) is 1.99. The van der Waals surface area contributed by atoms with Crippen LogP contribution < -0.4 is 5.73 Å². The minimum absolute atomic E-state index is 0.636. The van der Waals surface area contributed by atoms with Gasteiger partial charge in [-0.2, -0.15) is 0 Å². The van der Waals surface area contributed by atoms with Crippen molar-refractivity contribution in [2.75, 3.05) is 7.11 Å². The fourth-order valence-electron chi connectivity index (χ4n) is 0.350. The third-order valence-electron chi connectivity index (χ3n) is 1.07. The van der Waals surface area contributed by atoms with Gasteiger partial charge in [0.05, 0.1) is 12.9 Å². The second kappa shape index (κ2) is 4.68. The van der Waals surface area contributed by atoms with Gasteiger partial charge in [0.25, 0.3) is 0 Å². The lowest BCUT2D eigenvalue weighted by atomic mass is 10.3. The van der Waals surface area contributed by atoms with Crippen LogP contribution in [0.3, 0.4) is 0 Å². The molecule has 2 heteroatoms. The van der Waals surface area contributed by atoms with E-state index in [4.69, 9.17) is 10.5 Å². The van der Waals surface area contributed by atoms with Crippen molar-refractivity contribution in [2.24, 2.45) is 5.73 Å². The molecular formula is C8H13NO. The SMILES string of the molecule is C=C/C(N)=C\C=C(/C)OC. The number of allylic oxidation sites excluding steroid dienone is 4. The Kier molecular flexibility index (Phi) is 4.12. The van der Waals surface area contributed by atoms with E-state index in [0.717, 1.165) is 5.76 Å². The first-order chi connectivity index (χ1) is 4.70. The van der Waals surface area contributed by atoms with Crippen molar-refractivity contribution >= 4 is 0 Å². The van der Waals surface area contributed by atoms with Gasteiger partial charge in [-0.15, -0.1) is 0 Å². The second-order valence-electron chi connectivity index (χ2n) is 1.85. The summed E-state index contributed by atoms with van der Waals surface area (Å²) >= 11 is 0. The molecule has 0 aromatic heterocycles. The molecule has 0 rings (SSSR count). The van der Waals surface area contributed by atoms with Gasteiger partial charge >= 0.3 is 0 Å². The Morgan fingerprint density at radius 3 is 2.50 bits per heavy atom. The molecule has 0 aromatic rings. The van der Waals surface area contributed by atoms with Gasteiger partial charge in [-0.05, 0) is 25.2 Å². The van der Waals surface area contributed by atoms with E-state index in [2.05, 4.69) is 6.58 Å². The molecule has 0 saturated carbocycles. The molecule has 0 heterocycles. The first kappa shape index (κ1) is 8.82. The number of hydrogen-bond donors (Lipinski definition) is 1. The molecular weight excluding hydrogens is 126 g/mol.